The van der Waals surface area contributed by atoms with Crippen molar-refractivity contribution in [1.29, 1.82) is 0 Å². The number of hydrogen-bond acceptors (Lipinski definition) is 8. The fraction of sp³-hybridized carbons (Fsp3) is 0.406. The molecule has 8 heteroatoms. The quantitative estimate of drug-likeness (QED) is 0.130. The third-order valence-corrected chi connectivity index (χ3v) is 13.7. The highest BCUT2D eigenvalue weighted by Crippen LogP contribution is 2.44. The van der Waals surface area contributed by atoms with Gasteiger partial charge < -0.3 is 29.2 Å². The van der Waals surface area contributed by atoms with Gasteiger partial charge in [-0.05, 0) is 138 Å². The highest BCUT2D eigenvalue weighted by Gasteiger charge is 2.29. The van der Waals surface area contributed by atoms with E-state index < -0.39 is 0 Å². The molecule has 0 heterocycles. The topological polar surface area (TPSA) is 112 Å². The molecule has 8 nitrogen and oxygen atoms in total. The lowest BCUT2D eigenvalue weighted by Gasteiger charge is -2.28. The van der Waals surface area contributed by atoms with E-state index in [1.54, 1.807) is 38.1 Å². The van der Waals surface area contributed by atoms with Crippen molar-refractivity contribution in [2.75, 3.05) is 13.2 Å². The lowest BCUT2D eigenvalue weighted by Crippen LogP contribution is -2.16. The lowest BCUT2D eigenvalue weighted by molar-refractivity contribution is 0.0516. The molecule has 0 saturated carbocycles. The molecule has 0 atom stereocenters. The van der Waals surface area contributed by atoms with E-state index in [9.17, 15) is 19.8 Å². The van der Waals surface area contributed by atoms with Gasteiger partial charge in [0, 0.05) is 25.7 Å². The highest BCUT2D eigenvalue weighted by atomic mass is 16.5. The Morgan fingerprint density at radius 3 is 0.861 bits per heavy atom. The second-order valence-electron chi connectivity index (χ2n) is 23.7. The first-order valence-electron chi connectivity index (χ1n) is 25.5. The van der Waals surface area contributed by atoms with E-state index >= 15 is 0 Å². The van der Waals surface area contributed by atoms with Crippen molar-refractivity contribution in [1.82, 2.24) is 0 Å². The largest absolute Gasteiger partial charge is 0.507 e. The Kier molecular flexibility index (Phi) is 15.5. The molecule has 0 unspecified atom stereocenters. The van der Waals surface area contributed by atoms with E-state index in [0.29, 0.717) is 61.5 Å². The average molecular weight is 973 g/mol. The SMILES string of the molecule is CCOC(=O)c1ccc(COc2c3cc(C(C)(C)C)cc2Cc2cc(C(C)(C)C)cc(c2O)Cc2cc(C(C)(C)C)cc(c2OCc2ccc(C(=O)OCC)cc2)Cc2cc(C(C)(C)C)cc(c2O)C3)cc1. The van der Waals surface area contributed by atoms with Crippen molar-refractivity contribution in [2.24, 2.45) is 0 Å². The van der Waals surface area contributed by atoms with Crippen LogP contribution in [0.1, 0.15) is 196 Å². The molecule has 72 heavy (non-hydrogen) atoms. The maximum atomic E-state index is 12.7. The van der Waals surface area contributed by atoms with Gasteiger partial charge in [-0.3, -0.25) is 0 Å². The van der Waals surface area contributed by atoms with Gasteiger partial charge >= 0.3 is 11.9 Å². The Morgan fingerprint density at radius 2 is 0.639 bits per heavy atom. The van der Waals surface area contributed by atoms with Gasteiger partial charge in [0.2, 0.25) is 0 Å². The van der Waals surface area contributed by atoms with Gasteiger partial charge in [0.25, 0.3) is 0 Å². The van der Waals surface area contributed by atoms with E-state index in [4.69, 9.17) is 18.9 Å². The summed E-state index contributed by atoms with van der Waals surface area (Å²) in [5, 5.41) is 25.5. The predicted octanol–water partition coefficient (Wildman–Crippen LogP) is 14.5. The third-order valence-electron chi connectivity index (χ3n) is 13.7. The van der Waals surface area contributed by atoms with E-state index in [2.05, 4.69) is 132 Å². The van der Waals surface area contributed by atoms with Crippen molar-refractivity contribution in [3.05, 3.63) is 186 Å². The predicted molar refractivity (Wildman–Crippen MR) is 289 cm³/mol. The maximum absolute atomic E-state index is 12.7. The zero-order valence-electron chi connectivity index (χ0n) is 45.2. The maximum Gasteiger partial charge on any atom is 0.338 e. The lowest BCUT2D eigenvalue weighted by atomic mass is 9.79. The Bertz CT molecular complexity index is 2650. The number of esters is 2. The molecule has 8 bridgehead atoms. The Morgan fingerprint density at radius 1 is 0.403 bits per heavy atom. The Labute approximate surface area is 428 Å². The second kappa shape index (κ2) is 20.9. The number of ether oxygens (including phenoxy) is 4. The summed E-state index contributed by atoms with van der Waals surface area (Å²) >= 11 is 0. The molecule has 0 fully saturated rings. The molecular formula is C64H76O8. The number of benzene rings is 6. The number of phenols is 2. The molecule has 380 valence electrons. The molecule has 6 aromatic rings. The van der Waals surface area contributed by atoms with Gasteiger partial charge in [0.15, 0.2) is 0 Å². The molecule has 0 amide bonds. The zero-order chi connectivity index (χ0) is 52.5. The van der Waals surface area contributed by atoms with E-state index in [-0.39, 0.29) is 58.3 Å². The van der Waals surface area contributed by atoms with Crippen LogP contribution >= 0.6 is 0 Å². The number of rotatable bonds is 10. The van der Waals surface area contributed by atoms with Gasteiger partial charge in [-0.15, -0.1) is 0 Å². The van der Waals surface area contributed by atoms with Crippen LogP contribution in [0.4, 0.5) is 0 Å². The third kappa shape index (κ3) is 12.4. The smallest absolute Gasteiger partial charge is 0.338 e. The molecule has 0 aromatic heterocycles. The van der Waals surface area contributed by atoms with Crippen molar-refractivity contribution in [2.45, 2.75) is 157 Å². The summed E-state index contributed by atoms with van der Waals surface area (Å²) in [6.07, 6.45) is 1.48. The highest BCUT2D eigenvalue weighted by molar-refractivity contribution is 5.89. The summed E-state index contributed by atoms with van der Waals surface area (Å²) in [4.78, 5) is 25.1. The average Bonchev–Trinajstić information content (AvgIpc) is 3.29. The second-order valence-corrected chi connectivity index (χ2v) is 23.7. The first kappa shape index (κ1) is 53.3. The van der Waals surface area contributed by atoms with Crippen LogP contribution in [0.15, 0.2) is 97.1 Å². The van der Waals surface area contributed by atoms with Gasteiger partial charge in [0.1, 0.15) is 36.2 Å². The number of carbonyl (C=O) groups is 2. The summed E-state index contributed by atoms with van der Waals surface area (Å²) in [6.45, 7) is 31.0. The molecule has 0 saturated heterocycles. The first-order chi connectivity index (χ1) is 33.7. The van der Waals surface area contributed by atoms with Gasteiger partial charge in [-0.2, -0.15) is 0 Å². The van der Waals surface area contributed by atoms with E-state index in [1.165, 1.54) is 0 Å². The minimum absolute atomic E-state index is 0.221. The number of hydrogen-bond donors (Lipinski definition) is 2. The van der Waals surface area contributed by atoms with Crippen LogP contribution in [0.5, 0.6) is 23.0 Å². The normalized spacial score (nSPS) is 13.1. The number of phenolic OH excluding ortho intramolecular Hbond substituents is 2. The van der Waals surface area contributed by atoms with Gasteiger partial charge in [-0.1, -0.05) is 156 Å². The molecule has 1 aliphatic rings. The zero-order valence-corrected chi connectivity index (χ0v) is 45.2. The van der Waals surface area contributed by atoms with Crippen LogP contribution in [0.25, 0.3) is 0 Å². The molecule has 0 radical (unpaired) electrons. The standard InChI is InChI=1S/C64H76O8/c1-15-69-59(67)41-21-17-39(18-22-41)37-71-57-47-25-43-29-51(61(3,4)5)31-45(55(43)65)27-49-35-54(64(12,13)14)36-50(58(49)72-38-40-19-23-42(24-20-40)60(68)70-16-2)28-46-32-52(62(6,7)8)30-44(56(46)66)26-48(57)34-53(33-47)63(9,10)11/h17-24,29-36,65-66H,15-16,25-28,37-38H2,1-14H3. The summed E-state index contributed by atoms with van der Waals surface area (Å²) in [5.41, 5.74) is 12.9. The molecule has 7 rings (SSSR count). The Hall–Kier alpha value is -6.54. The summed E-state index contributed by atoms with van der Waals surface area (Å²) < 4.78 is 24.5. The molecule has 1 aliphatic carbocycles. The molecule has 6 aromatic carbocycles. The fourth-order valence-corrected chi connectivity index (χ4v) is 9.23. The fourth-order valence-electron chi connectivity index (χ4n) is 9.23. The molecule has 0 aliphatic heterocycles. The molecule has 0 spiro atoms. The Balaban J connectivity index is 1.48. The molecular weight excluding hydrogens is 897 g/mol. The molecule has 2 N–H and O–H groups in total. The number of carbonyl (C=O) groups excluding carboxylic acids is 2. The van der Waals surface area contributed by atoms with Gasteiger partial charge in [-0.25, -0.2) is 9.59 Å². The summed E-state index contributed by atoms with van der Waals surface area (Å²) in [6, 6.07) is 32.1. The van der Waals surface area contributed by atoms with Crippen molar-refractivity contribution in [3.63, 3.8) is 0 Å². The van der Waals surface area contributed by atoms with Crippen LogP contribution in [0.3, 0.4) is 0 Å². The minimum atomic E-state index is -0.370. The van der Waals surface area contributed by atoms with Crippen LogP contribution in [-0.4, -0.2) is 35.4 Å². The summed E-state index contributed by atoms with van der Waals surface area (Å²) in [7, 11) is 0. The van der Waals surface area contributed by atoms with Crippen LogP contribution in [0, 0.1) is 0 Å². The van der Waals surface area contributed by atoms with Crippen molar-refractivity contribution < 1.29 is 38.7 Å². The number of fused-ring (bicyclic) bond motifs is 8. The van der Waals surface area contributed by atoms with E-state index in [1.807, 2.05) is 24.3 Å². The van der Waals surface area contributed by atoms with Gasteiger partial charge in [0.05, 0.1) is 24.3 Å². The van der Waals surface area contributed by atoms with E-state index in [0.717, 1.165) is 77.9 Å². The van der Waals surface area contributed by atoms with Crippen LogP contribution in [-0.2, 0) is 70.0 Å². The van der Waals surface area contributed by atoms with Crippen LogP contribution < -0.4 is 9.47 Å². The van der Waals surface area contributed by atoms with Crippen LogP contribution in [0.2, 0.25) is 0 Å². The first-order valence-corrected chi connectivity index (χ1v) is 25.5. The number of aromatic hydroxyl groups is 2. The summed E-state index contributed by atoms with van der Waals surface area (Å²) in [5.74, 6) is 1.09. The monoisotopic (exact) mass is 973 g/mol. The van der Waals surface area contributed by atoms with Crippen molar-refractivity contribution >= 4 is 11.9 Å². The van der Waals surface area contributed by atoms with Crippen molar-refractivity contribution in [3.8, 4) is 23.0 Å². The minimum Gasteiger partial charge on any atom is -0.507 e.